The van der Waals surface area contributed by atoms with E-state index in [1.54, 1.807) is 0 Å². The number of aromatic nitrogens is 4. The van der Waals surface area contributed by atoms with Crippen LogP contribution in [-0.4, -0.2) is 19.1 Å². The molecule has 0 N–H and O–H groups in total. The average Bonchev–Trinajstić information content (AvgIpc) is 3.90. The van der Waals surface area contributed by atoms with Crippen LogP contribution in [0.25, 0.3) is 132 Å². The van der Waals surface area contributed by atoms with Crippen LogP contribution in [0.15, 0.2) is 174 Å². The quantitative estimate of drug-likeness (QED) is 0.170. The third kappa shape index (κ3) is 3.69. The molecule has 0 saturated heterocycles. The van der Waals surface area contributed by atoms with Crippen LogP contribution >= 0.6 is 0 Å². The molecule has 0 fully saturated rings. The monoisotopic (exact) mass is 724 g/mol. The lowest BCUT2D eigenvalue weighted by Crippen LogP contribution is -2.03. The fourth-order valence-electron chi connectivity index (χ4n) is 10.1. The van der Waals surface area contributed by atoms with Crippen molar-refractivity contribution in [1.29, 1.82) is 0 Å². The summed E-state index contributed by atoms with van der Waals surface area (Å²) in [6.07, 6.45) is 0. The molecule has 1 aliphatic rings. The number of furan rings is 1. The van der Waals surface area contributed by atoms with E-state index in [1.807, 2.05) is 12.1 Å². The molecule has 4 heterocycles. The Morgan fingerprint density at radius 2 is 1.00 bits per heavy atom. The second-order valence-corrected chi connectivity index (χ2v) is 15.3. The lowest BCUT2D eigenvalue weighted by molar-refractivity contribution is 0.666. The molecule has 0 unspecified atom stereocenters. The van der Waals surface area contributed by atoms with Crippen molar-refractivity contribution in [3.05, 3.63) is 170 Å². The third-order valence-electron chi connectivity index (χ3n) is 12.4. The average molecular weight is 725 g/mol. The maximum atomic E-state index is 6.72. The minimum atomic E-state index is 0.614. The fourth-order valence-corrected chi connectivity index (χ4v) is 10.1. The maximum absolute atomic E-state index is 6.72. The predicted molar refractivity (Wildman–Crippen MR) is 235 cm³/mol. The summed E-state index contributed by atoms with van der Waals surface area (Å²) in [5, 5.41) is 13.2. The highest BCUT2D eigenvalue weighted by molar-refractivity contribution is 6.39. The van der Waals surface area contributed by atoms with E-state index >= 15 is 0 Å². The van der Waals surface area contributed by atoms with Gasteiger partial charge in [-0.25, -0.2) is 9.97 Å². The molecule has 0 atom stereocenters. The van der Waals surface area contributed by atoms with E-state index < -0.39 is 0 Å². The van der Waals surface area contributed by atoms with Gasteiger partial charge in [-0.05, 0) is 98.0 Å². The van der Waals surface area contributed by atoms with Crippen LogP contribution in [0.4, 0.5) is 0 Å². The Kier molecular flexibility index (Phi) is 5.45. The number of hydrogen-bond acceptors (Lipinski definition) is 3. The SMILES string of the molecule is c1ccc(-n2c3ccc4cccc5c4c3c3c4c6c-5cccc6n(-c5nc(-c6cc7ccccc7c7ccccc67)c6oc7ccccc7c6n5)c4ccc32)cc1. The van der Waals surface area contributed by atoms with Gasteiger partial charge in [0.05, 0.1) is 22.1 Å². The lowest BCUT2D eigenvalue weighted by Gasteiger charge is -2.13. The van der Waals surface area contributed by atoms with Gasteiger partial charge in [0.25, 0.3) is 0 Å². The first-order valence-electron chi connectivity index (χ1n) is 19.4. The molecule has 0 bridgehead atoms. The smallest absolute Gasteiger partial charge is 0.236 e. The first-order chi connectivity index (χ1) is 28.3. The second-order valence-electron chi connectivity index (χ2n) is 15.3. The fraction of sp³-hybridized carbons (Fsp3) is 0. The number of nitrogens with zero attached hydrogens (tertiary/aromatic N) is 4. The number of para-hydroxylation sites is 2. The Labute approximate surface area is 324 Å². The second kappa shape index (κ2) is 10.5. The Bertz CT molecular complexity index is 3920. The summed E-state index contributed by atoms with van der Waals surface area (Å²) in [4.78, 5) is 11.1. The minimum absolute atomic E-state index is 0.614. The molecule has 0 saturated carbocycles. The van der Waals surface area contributed by atoms with E-state index in [9.17, 15) is 0 Å². The molecule has 9 aromatic carbocycles. The summed E-state index contributed by atoms with van der Waals surface area (Å²) < 4.78 is 11.4. The van der Waals surface area contributed by atoms with Crippen molar-refractivity contribution in [3.8, 4) is 34.0 Å². The molecule has 0 spiro atoms. The Hall–Kier alpha value is -7.76. The van der Waals surface area contributed by atoms with Crippen LogP contribution in [-0.2, 0) is 0 Å². The summed E-state index contributed by atoms with van der Waals surface area (Å²) in [5.41, 5.74) is 12.2. The van der Waals surface area contributed by atoms with Crippen LogP contribution in [0.1, 0.15) is 0 Å². The van der Waals surface area contributed by atoms with E-state index in [4.69, 9.17) is 14.4 Å². The van der Waals surface area contributed by atoms with Crippen LogP contribution in [0, 0.1) is 0 Å². The highest BCUT2D eigenvalue weighted by Gasteiger charge is 2.29. The number of benzene rings is 9. The van der Waals surface area contributed by atoms with E-state index in [0.29, 0.717) is 11.5 Å². The highest BCUT2D eigenvalue weighted by Crippen LogP contribution is 2.51. The van der Waals surface area contributed by atoms with E-state index in [-0.39, 0.29) is 0 Å². The van der Waals surface area contributed by atoms with Gasteiger partial charge in [0.2, 0.25) is 5.95 Å². The van der Waals surface area contributed by atoms with Gasteiger partial charge in [-0.1, -0.05) is 115 Å². The van der Waals surface area contributed by atoms with Gasteiger partial charge in [-0.2, -0.15) is 0 Å². The van der Waals surface area contributed by atoms with Crippen molar-refractivity contribution in [2.45, 2.75) is 0 Å². The molecule has 5 heteroatoms. The van der Waals surface area contributed by atoms with Gasteiger partial charge >= 0.3 is 0 Å². The Morgan fingerprint density at radius 1 is 0.386 bits per heavy atom. The predicted octanol–water partition coefficient (Wildman–Crippen LogP) is 13.7. The summed E-state index contributed by atoms with van der Waals surface area (Å²) in [5.74, 6) is 0.614. The van der Waals surface area contributed by atoms with Crippen LogP contribution < -0.4 is 0 Å². The summed E-state index contributed by atoms with van der Waals surface area (Å²) in [6, 6.07) is 61.0. The summed E-state index contributed by atoms with van der Waals surface area (Å²) in [6.45, 7) is 0. The summed E-state index contributed by atoms with van der Waals surface area (Å²) in [7, 11) is 0. The number of rotatable bonds is 3. The van der Waals surface area contributed by atoms with Crippen molar-refractivity contribution >= 4 is 98.0 Å². The van der Waals surface area contributed by atoms with Gasteiger partial charge in [-0.15, -0.1) is 0 Å². The molecule has 5 nitrogen and oxygen atoms in total. The largest absolute Gasteiger partial charge is 0.452 e. The molecule has 0 aliphatic heterocycles. The summed E-state index contributed by atoms with van der Waals surface area (Å²) >= 11 is 0. The molecular formula is C52H28N4O. The van der Waals surface area contributed by atoms with Gasteiger partial charge < -0.3 is 8.98 Å². The maximum Gasteiger partial charge on any atom is 0.236 e. The lowest BCUT2D eigenvalue weighted by atomic mass is 9.95. The molecule has 57 heavy (non-hydrogen) atoms. The van der Waals surface area contributed by atoms with Crippen molar-refractivity contribution in [3.63, 3.8) is 0 Å². The zero-order valence-electron chi connectivity index (χ0n) is 30.4. The zero-order valence-corrected chi connectivity index (χ0v) is 30.4. The number of fused-ring (bicyclic) bond motifs is 7. The van der Waals surface area contributed by atoms with Crippen molar-refractivity contribution in [2.75, 3.05) is 0 Å². The van der Waals surface area contributed by atoms with Gasteiger partial charge in [0, 0.05) is 38.2 Å². The molecule has 0 amide bonds. The normalized spacial score (nSPS) is 12.6. The van der Waals surface area contributed by atoms with E-state index in [2.05, 4.69) is 167 Å². The van der Waals surface area contributed by atoms with Gasteiger partial charge in [0.1, 0.15) is 16.8 Å². The van der Waals surface area contributed by atoms with Gasteiger partial charge in [0.15, 0.2) is 5.58 Å². The third-order valence-corrected chi connectivity index (χ3v) is 12.4. The highest BCUT2D eigenvalue weighted by atomic mass is 16.3. The van der Waals surface area contributed by atoms with Crippen molar-refractivity contribution in [1.82, 2.24) is 19.1 Å². The van der Waals surface area contributed by atoms with Gasteiger partial charge in [-0.3, -0.25) is 4.57 Å². The molecular weight excluding hydrogens is 697 g/mol. The molecule has 1 aliphatic carbocycles. The van der Waals surface area contributed by atoms with E-state index in [0.717, 1.165) is 55.2 Å². The molecule has 13 aromatic rings. The van der Waals surface area contributed by atoms with Crippen LogP contribution in [0.3, 0.4) is 0 Å². The number of hydrogen-bond donors (Lipinski definition) is 0. The molecule has 262 valence electrons. The van der Waals surface area contributed by atoms with Crippen LogP contribution in [0.2, 0.25) is 0 Å². The topological polar surface area (TPSA) is 48.8 Å². The first-order valence-corrected chi connectivity index (χ1v) is 19.4. The van der Waals surface area contributed by atoms with E-state index in [1.165, 1.54) is 65.3 Å². The molecule has 4 aromatic heterocycles. The van der Waals surface area contributed by atoms with Crippen molar-refractivity contribution < 1.29 is 4.42 Å². The first kappa shape index (κ1) is 29.6. The van der Waals surface area contributed by atoms with Crippen molar-refractivity contribution in [2.24, 2.45) is 0 Å². The molecule has 14 rings (SSSR count). The minimum Gasteiger partial charge on any atom is -0.452 e. The Balaban J connectivity index is 1.18. The zero-order chi connectivity index (χ0) is 36.9. The van der Waals surface area contributed by atoms with Crippen LogP contribution in [0.5, 0.6) is 0 Å². The standard InChI is InChI=1S/C52H28N4O/c1-2-14-31(15-3-1)55-40-25-24-29-13-10-20-35-36-21-11-22-39-45(36)47-42(27-26-41(55)48(47)46(40)44(29)35)56(39)52-53-49-37-19-8-9-23-43(37)57-51(49)50(54-52)38-28-30-12-4-5-16-32(30)33-17-6-7-18-34(33)38/h1-28H. The Morgan fingerprint density at radius 3 is 1.86 bits per heavy atom. The molecule has 0 radical (unpaired) electrons.